The monoisotopic (exact) mass is 279 g/mol. The molecule has 0 atom stereocenters. The van der Waals surface area contributed by atoms with Crippen LogP contribution in [0.25, 0.3) is 0 Å². The van der Waals surface area contributed by atoms with Crippen LogP contribution in [-0.2, 0) is 11.3 Å². The normalized spacial score (nSPS) is 14.9. The molecular formula is C15H21NO4. The molecular weight excluding hydrogens is 258 g/mol. The number of methoxy groups -OCH3 is 1. The minimum atomic E-state index is -0.493. The van der Waals surface area contributed by atoms with Crippen LogP contribution < -0.4 is 9.47 Å². The molecule has 0 saturated heterocycles. The van der Waals surface area contributed by atoms with Gasteiger partial charge in [-0.3, -0.25) is 0 Å². The largest absolute Gasteiger partial charge is 0.497 e. The second-order valence-electron chi connectivity index (χ2n) is 5.72. The van der Waals surface area contributed by atoms with Crippen molar-refractivity contribution in [1.82, 2.24) is 4.90 Å². The SMILES string of the molecule is COc1ccc2c(c1)OCCN(C(=O)OC(C)(C)C)C2. The van der Waals surface area contributed by atoms with Crippen LogP contribution in [0.1, 0.15) is 26.3 Å². The summed E-state index contributed by atoms with van der Waals surface area (Å²) in [5.74, 6) is 1.50. The summed E-state index contributed by atoms with van der Waals surface area (Å²) in [6.45, 7) is 7.01. The Morgan fingerprint density at radius 1 is 1.35 bits per heavy atom. The molecule has 5 nitrogen and oxygen atoms in total. The Hall–Kier alpha value is -1.91. The first-order chi connectivity index (χ1) is 9.39. The molecule has 1 aliphatic rings. The van der Waals surface area contributed by atoms with Crippen LogP contribution in [0.3, 0.4) is 0 Å². The zero-order chi connectivity index (χ0) is 14.8. The van der Waals surface area contributed by atoms with Crippen LogP contribution >= 0.6 is 0 Å². The number of fused-ring (bicyclic) bond motifs is 1. The highest BCUT2D eigenvalue weighted by Gasteiger charge is 2.25. The number of benzene rings is 1. The van der Waals surface area contributed by atoms with Crippen molar-refractivity contribution in [3.05, 3.63) is 23.8 Å². The molecule has 1 aromatic rings. The van der Waals surface area contributed by atoms with E-state index in [9.17, 15) is 4.79 Å². The average molecular weight is 279 g/mol. The van der Waals surface area contributed by atoms with Gasteiger partial charge in [0.2, 0.25) is 0 Å². The maximum Gasteiger partial charge on any atom is 0.410 e. The van der Waals surface area contributed by atoms with E-state index in [0.717, 1.165) is 17.1 Å². The van der Waals surface area contributed by atoms with E-state index >= 15 is 0 Å². The van der Waals surface area contributed by atoms with E-state index in [-0.39, 0.29) is 6.09 Å². The number of nitrogens with zero attached hydrogens (tertiary/aromatic N) is 1. The molecule has 1 heterocycles. The molecule has 1 amide bonds. The van der Waals surface area contributed by atoms with Gasteiger partial charge in [0.1, 0.15) is 23.7 Å². The van der Waals surface area contributed by atoms with Crippen LogP contribution in [0, 0.1) is 0 Å². The molecule has 0 unspecified atom stereocenters. The second-order valence-corrected chi connectivity index (χ2v) is 5.72. The lowest BCUT2D eigenvalue weighted by molar-refractivity contribution is 0.0225. The molecule has 1 aromatic carbocycles. The minimum absolute atomic E-state index is 0.315. The number of ether oxygens (including phenoxy) is 3. The van der Waals surface area contributed by atoms with E-state index in [1.165, 1.54) is 0 Å². The Morgan fingerprint density at radius 3 is 2.75 bits per heavy atom. The van der Waals surface area contributed by atoms with Gasteiger partial charge in [0.05, 0.1) is 20.2 Å². The summed E-state index contributed by atoms with van der Waals surface area (Å²) < 4.78 is 16.2. The number of rotatable bonds is 1. The number of hydrogen-bond acceptors (Lipinski definition) is 4. The lowest BCUT2D eigenvalue weighted by atomic mass is 10.2. The van der Waals surface area contributed by atoms with Crippen molar-refractivity contribution in [3.8, 4) is 11.5 Å². The fourth-order valence-corrected chi connectivity index (χ4v) is 1.96. The van der Waals surface area contributed by atoms with Gasteiger partial charge in [-0.15, -0.1) is 0 Å². The first-order valence-corrected chi connectivity index (χ1v) is 6.67. The van der Waals surface area contributed by atoms with Crippen LogP contribution in [0.15, 0.2) is 18.2 Å². The third-order valence-electron chi connectivity index (χ3n) is 2.91. The van der Waals surface area contributed by atoms with Crippen LogP contribution in [0.5, 0.6) is 11.5 Å². The van der Waals surface area contributed by atoms with Crippen molar-refractivity contribution >= 4 is 6.09 Å². The summed E-state index contributed by atoms with van der Waals surface area (Å²) in [7, 11) is 1.62. The van der Waals surface area contributed by atoms with Gasteiger partial charge in [0, 0.05) is 11.6 Å². The van der Waals surface area contributed by atoms with Crippen molar-refractivity contribution in [2.24, 2.45) is 0 Å². The molecule has 0 aliphatic carbocycles. The van der Waals surface area contributed by atoms with Crippen LogP contribution in [-0.4, -0.2) is 36.9 Å². The van der Waals surface area contributed by atoms with Gasteiger partial charge < -0.3 is 19.1 Å². The molecule has 1 aliphatic heterocycles. The highest BCUT2D eigenvalue weighted by molar-refractivity contribution is 5.68. The van der Waals surface area contributed by atoms with Crippen molar-refractivity contribution in [1.29, 1.82) is 0 Å². The molecule has 0 fully saturated rings. The first kappa shape index (κ1) is 14.5. The lowest BCUT2D eigenvalue weighted by Crippen LogP contribution is -2.37. The van der Waals surface area contributed by atoms with Crippen molar-refractivity contribution in [3.63, 3.8) is 0 Å². The summed E-state index contributed by atoms with van der Waals surface area (Å²) in [5.41, 5.74) is 0.460. The fourth-order valence-electron chi connectivity index (χ4n) is 1.96. The van der Waals surface area contributed by atoms with Crippen molar-refractivity contribution < 1.29 is 19.0 Å². The summed E-state index contributed by atoms with van der Waals surface area (Å²) >= 11 is 0. The molecule has 2 rings (SSSR count). The predicted octanol–water partition coefficient (Wildman–Crippen LogP) is 2.82. The highest BCUT2D eigenvalue weighted by atomic mass is 16.6. The van der Waals surface area contributed by atoms with Gasteiger partial charge in [-0.25, -0.2) is 4.79 Å². The molecule has 0 bridgehead atoms. The number of amides is 1. The van der Waals surface area contributed by atoms with Gasteiger partial charge in [0.25, 0.3) is 0 Å². The predicted molar refractivity (Wildman–Crippen MR) is 75.1 cm³/mol. The zero-order valence-electron chi connectivity index (χ0n) is 12.4. The maximum absolute atomic E-state index is 12.1. The quantitative estimate of drug-likeness (QED) is 0.793. The third-order valence-corrected chi connectivity index (χ3v) is 2.91. The number of hydrogen-bond donors (Lipinski definition) is 0. The molecule has 0 N–H and O–H groups in total. The molecule has 5 heteroatoms. The van der Waals surface area contributed by atoms with Crippen LogP contribution in [0.4, 0.5) is 4.79 Å². The van der Waals surface area contributed by atoms with Gasteiger partial charge >= 0.3 is 6.09 Å². The Bertz CT molecular complexity index is 493. The van der Waals surface area contributed by atoms with E-state index in [0.29, 0.717) is 19.7 Å². The maximum atomic E-state index is 12.1. The molecule has 20 heavy (non-hydrogen) atoms. The topological polar surface area (TPSA) is 48.0 Å². The number of carbonyl (C=O) groups excluding carboxylic acids is 1. The van der Waals surface area contributed by atoms with Crippen LogP contribution in [0.2, 0.25) is 0 Å². The minimum Gasteiger partial charge on any atom is -0.497 e. The Balaban J connectivity index is 2.14. The van der Waals surface area contributed by atoms with Gasteiger partial charge in [-0.05, 0) is 32.9 Å². The summed E-state index contributed by atoms with van der Waals surface area (Å²) in [4.78, 5) is 13.8. The molecule has 110 valence electrons. The van der Waals surface area contributed by atoms with E-state index in [1.807, 2.05) is 39.0 Å². The molecule has 0 spiro atoms. The molecule has 0 radical (unpaired) electrons. The Labute approximate surface area is 119 Å². The second kappa shape index (κ2) is 5.61. The molecule has 0 aromatic heterocycles. The zero-order valence-corrected chi connectivity index (χ0v) is 12.4. The van der Waals surface area contributed by atoms with E-state index in [4.69, 9.17) is 14.2 Å². The third kappa shape index (κ3) is 3.56. The van der Waals surface area contributed by atoms with E-state index in [1.54, 1.807) is 12.0 Å². The summed E-state index contributed by atoms with van der Waals surface area (Å²) in [6.07, 6.45) is -0.315. The van der Waals surface area contributed by atoms with Gasteiger partial charge in [0.15, 0.2) is 0 Å². The average Bonchev–Trinajstić information content (AvgIpc) is 2.57. The fraction of sp³-hybridized carbons (Fsp3) is 0.533. The summed E-state index contributed by atoms with van der Waals surface area (Å²) in [6, 6.07) is 5.62. The van der Waals surface area contributed by atoms with E-state index < -0.39 is 5.60 Å². The number of carbonyl (C=O) groups is 1. The first-order valence-electron chi connectivity index (χ1n) is 6.67. The van der Waals surface area contributed by atoms with E-state index in [2.05, 4.69) is 0 Å². The standard InChI is InChI=1S/C15H21NO4/c1-15(2,3)20-14(17)16-7-8-19-13-9-12(18-4)6-5-11(13)10-16/h5-6,9H,7-8,10H2,1-4H3. The smallest absolute Gasteiger partial charge is 0.410 e. The van der Waals surface area contributed by atoms with Crippen molar-refractivity contribution in [2.75, 3.05) is 20.3 Å². The van der Waals surface area contributed by atoms with Crippen molar-refractivity contribution in [2.45, 2.75) is 32.9 Å². The Morgan fingerprint density at radius 2 is 2.10 bits per heavy atom. The summed E-state index contributed by atoms with van der Waals surface area (Å²) in [5, 5.41) is 0. The molecule has 0 saturated carbocycles. The van der Waals surface area contributed by atoms with Gasteiger partial charge in [-0.2, -0.15) is 0 Å². The lowest BCUT2D eigenvalue weighted by Gasteiger charge is -2.26. The highest BCUT2D eigenvalue weighted by Crippen LogP contribution is 2.28. The Kier molecular flexibility index (Phi) is 4.06. The van der Waals surface area contributed by atoms with Gasteiger partial charge in [-0.1, -0.05) is 0 Å².